The van der Waals surface area contributed by atoms with Gasteiger partial charge in [0, 0.05) is 30.7 Å². The average molecular weight is 264 g/mol. The number of nitrogens with one attached hydrogen (secondary N) is 1. The second-order valence-electron chi connectivity index (χ2n) is 7.94. The molecule has 1 aliphatic heterocycles. The SMILES string of the molecule is CC1CC(N2CC3(CCCCC3)NCC2C(C)C)C1. The summed E-state index contributed by atoms with van der Waals surface area (Å²) in [6, 6.07) is 1.66. The molecule has 0 bridgehead atoms. The van der Waals surface area contributed by atoms with Crippen molar-refractivity contribution in [1.82, 2.24) is 10.2 Å². The number of rotatable bonds is 2. The second-order valence-corrected chi connectivity index (χ2v) is 7.94. The Morgan fingerprint density at radius 1 is 1.11 bits per heavy atom. The van der Waals surface area contributed by atoms with E-state index in [2.05, 4.69) is 31.0 Å². The van der Waals surface area contributed by atoms with Crippen molar-refractivity contribution in [3.05, 3.63) is 0 Å². The zero-order valence-electron chi connectivity index (χ0n) is 13.1. The Labute approximate surface area is 119 Å². The van der Waals surface area contributed by atoms with Gasteiger partial charge in [-0.2, -0.15) is 0 Å². The van der Waals surface area contributed by atoms with Crippen LogP contribution in [0.15, 0.2) is 0 Å². The van der Waals surface area contributed by atoms with Gasteiger partial charge in [0.25, 0.3) is 0 Å². The molecular formula is C17H32N2. The van der Waals surface area contributed by atoms with Crippen LogP contribution in [0.2, 0.25) is 0 Å². The van der Waals surface area contributed by atoms with Crippen molar-refractivity contribution >= 4 is 0 Å². The van der Waals surface area contributed by atoms with Gasteiger partial charge < -0.3 is 5.32 Å². The lowest BCUT2D eigenvalue weighted by Crippen LogP contribution is -2.68. The summed E-state index contributed by atoms with van der Waals surface area (Å²) in [6.07, 6.45) is 10.0. The van der Waals surface area contributed by atoms with Crippen molar-refractivity contribution in [1.29, 1.82) is 0 Å². The van der Waals surface area contributed by atoms with Gasteiger partial charge in [0.05, 0.1) is 0 Å². The first kappa shape index (κ1) is 13.9. The fraction of sp³-hybridized carbons (Fsp3) is 1.00. The highest BCUT2D eigenvalue weighted by Gasteiger charge is 2.45. The van der Waals surface area contributed by atoms with E-state index in [0.29, 0.717) is 5.54 Å². The Hall–Kier alpha value is -0.0800. The summed E-state index contributed by atoms with van der Waals surface area (Å²) in [5.41, 5.74) is 0.475. The van der Waals surface area contributed by atoms with Gasteiger partial charge in [-0.05, 0) is 37.5 Å². The molecule has 2 nitrogen and oxygen atoms in total. The Morgan fingerprint density at radius 2 is 1.79 bits per heavy atom. The third kappa shape index (κ3) is 2.71. The molecule has 0 aromatic carbocycles. The molecule has 110 valence electrons. The van der Waals surface area contributed by atoms with Crippen LogP contribution < -0.4 is 5.32 Å². The van der Waals surface area contributed by atoms with Crippen molar-refractivity contribution in [2.24, 2.45) is 11.8 Å². The molecule has 2 saturated carbocycles. The highest BCUT2D eigenvalue weighted by atomic mass is 15.3. The predicted octanol–water partition coefficient (Wildman–Crippen LogP) is 3.42. The van der Waals surface area contributed by atoms with Gasteiger partial charge in [-0.3, -0.25) is 4.90 Å². The van der Waals surface area contributed by atoms with Gasteiger partial charge in [0.2, 0.25) is 0 Å². The molecule has 1 N–H and O–H groups in total. The monoisotopic (exact) mass is 264 g/mol. The molecule has 0 radical (unpaired) electrons. The molecule has 0 aromatic heterocycles. The van der Waals surface area contributed by atoms with Gasteiger partial charge in [0.1, 0.15) is 0 Å². The van der Waals surface area contributed by atoms with Gasteiger partial charge in [-0.15, -0.1) is 0 Å². The maximum absolute atomic E-state index is 3.97. The van der Waals surface area contributed by atoms with E-state index < -0.39 is 0 Å². The quantitative estimate of drug-likeness (QED) is 0.822. The molecule has 1 saturated heterocycles. The summed E-state index contributed by atoms with van der Waals surface area (Å²) < 4.78 is 0. The van der Waals surface area contributed by atoms with Crippen molar-refractivity contribution in [3.63, 3.8) is 0 Å². The Balaban J connectivity index is 1.71. The molecule has 0 aromatic rings. The van der Waals surface area contributed by atoms with E-state index in [1.165, 1.54) is 58.0 Å². The first-order chi connectivity index (χ1) is 9.10. The highest BCUT2D eigenvalue weighted by molar-refractivity contribution is 5.03. The van der Waals surface area contributed by atoms with Gasteiger partial charge in [-0.25, -0.2) is 0 Å². The molecule has 3 rings (SSSR count). The summed E-state index contributed by atoms with van der Waals surface area (Å²) in [7, 11) is 0. The topological polar surface area (TPSA) is 15.3 Å². The third-order valence-corrected chi connectivity index (χ3v) is 6.00. The molecule has 2 aliphatic carbocycles. The largest absolute Gasteiger partial charge is 0.308 e. The van der Waals surface area contributed by atoms with Crippen LogP contribution in [-0.2, 0) is 0 Å². The molecule has 1 spiro atoms. The lowest BCUT2D eigenvalue weighted by atomic mass is 9.74. The summed E-state index contributed by atoms with van der Waals surface area (Å²) in [5.74, 6) is 1.75. The molecule has 0 amide bonds. The lowest BCUT2D eigenvalue weighted by molar-refractivity contribution is -0.0320. The Kier molecular flexibility index (Phi) is 3.92. The number of nitrogens with zero attached hydrogens (tertiary/aromatic N) is 1. The Bertz CT molecular complexity index is 300. The van der Waals surface area contributed by atoms with Crippen LogP contribution >= 0.6 is 0 Å². The molecule has 1 heterocycles. The minimum atomic E-state index is 0.475. The minimum Gasteiger partial charge on any atom is -0.308 e. The van der Waals surface area contributed by atoms with Crippen LogP contribution in [0.4, 0.5) is 0 Å². The molecular weight excluding hydrogens is 232 g/mol. The van der Waals surface area contributed by atoms with Gasteiger partial charge in [-0.1, -0.05) is 40.0 Å². The molecule has 2 heteroatoms. The zero-order chi connectivity index (χ0) is 13.5. The number of hydrogen-bond donors (Lipinski definition) is 1. The van der Waals surface area contributed by atoms with Crippen molar-refractivity contribution in [2.45, 2.75) is 83.3 Å². The maximum Gasteiger partial charge on any atom is 0.0309 e. The van der Waals surface area contributed by atoms with Crippen molar-refractivity contribution in [3.8, 4) is 0 Å². The molecule has 1 atom stereocenters. The van der Waals surface area contributed by atoms with E-state index in [0.717, 1.165) is 23.9 Å². The molecule has 3 aliphatic rings. The van der Waals surface area contributed by atoms with Crippen LogP contribution in [0, 0.1) is 11.8 Å². The van der Waals surface area contributed by atoms with E-state index in [9.17, 15) is 0 Å². The number of piperazine rings is 1. The lowest BCUT2D eigenvalue weighted by Gasteiger charge is -2.56. The van der Waals surface area contributed by atoms with E-state index in [4.69, 9.17) is 0 Å². The van der Waals surface area contributed by atoms with E-state index in [1.807, 2.05) is 0 Å². The van der Waals surface area contributed by atoms with Gasteiger partial charge >= 0.3 is 0 Å². The molecule has 19 heavy (non-hydrogen) atoms. The fourth-order valence-electron chi connectivity index (χ4n) is 4.67. The van der Waals surface area contributed by atoms with Crippen LogP contribution in [0.25, 0.3) is 0 Å². The van der Waals surface area contributed by atoms with Crippen LogP contribution in [0.1, 0.15) is 65.7 Å². The minimum absolute atomic E-state index is 0.475. The summed E-state index contributed by atoms with van der Waals surface area (Å²) >= 11 is 0. The van der Waals surface area contributed by atoms with Gasteiger partial charge in [0.15, 0.2) is 0 Å². The summed E-state index contributed by atoms with van der Waals surface area (Å²) in [6.45, 7) is 9.77. The van der Waals surface area contributed by atoms with Crippen LogP contribution in [-0.4, -0.2) is 35.6 Å². The van der Waals surface area contributed by atoms with Crippen molar-refractivity contribution < 1.29 is 0 Å². The Morgan fingerprint density at radius 3 is 2.37 bits per heavy atom. The third-order valence-electron chi connectivity index (χ3n) is 6.00. The van der Waals surface area contributed by atoms with Crippen molar-refractivity contribution in [2.75, 3.05) is 13.1 Å². The van der Waals surface area contributed by atoms with E-state index in [1.54, 1.807) is 0 Å². The normalized spacial score (nSPS) is 39.5. The van der Waals surface area contributed by atoms with E-state index in [-0.39, 0.29) is 0 Å². The first-order valence-corrected chi connectivity index (χ1v) is 8.60. The standard InChI is InChI=1S/C17H32N2/c1-13(2)16-11-18-17(7-5-4-6-8-17)12-19(16)15-9-14(3)10-15/h13-16,18H,4-12H2,1-3H3. The fourth-order valence-corrected chi connectivity index (χ4v) is 4.67. The summed E-state index contributed by atoms with van der Waals surface area (Å²) in [4.78, 5) is 2.91. The highest BCUT2D eigenvalue weighted by Crippen LogP contribution is 2.39. The van der Waals surface area contributed by atoms with Crippen LogP contribution in [0.3, 0.4) is 0 Å². The smallest absolute Gasteiger partial charge is 0.0309 e. The average Bonchev–Trinajstić information content (AvgIpc) is 2.35. The first-order valence-electron chi connectivity index (χ1n) is 8.60. The zero-order valence-corrected chi connectivity index (χ0v) is 13.1. The predicted molar refractivity (Wildman–Crippen MR) is 81.3 cm³/mol. The maximum atomic E-state index is 3.97. The van der Waals surface area contributed by atoms with E-state index >= 15 is 0 Å². The number of hydrogen-bond acceptors (Lipinski definition) is 2. The summed E-state index contributed by atoms with van der Waals surface area (Å²) in [5, 5.41) is 3.97. The molecule has 1 unspecified atom stereocenters. The van der Waals surface area contributed by atoms with Crippen LogP contribution in [0.5, 0.6) is 0 Å². The second kappa shape index (κ2) is 5.37. The molecule has 3 fully saturated rings.